The molecule has 0 aliphatic carbocycles. The van der Waals surface area contributed by atoms with Crippen LogP contribution in [0.25, 0.3) is 0 Å². The second kappa shape index (κ2) is 16.2. The highest BCUT2D eigenvalue weighted by molar-refractivity contribution is 7.89. The molecule has 0 bridgehead atoms. The average Bonchev–Trinajstić information content (AvgIpc) is 3.05. The maximum absolute atomic E-state index is 13.8. The second-order valence-electron chi connectivity index (χ2n) is 16.4. The van der Waals surface area contributed by atoms with Gasteiger partial charge in [0.05, 0.1) is 18.1 Å². The third-order valence-electron chi connectivity index (χ3n) is 10.5. The lowest BCUT2D eigenvalue weighted by atomic mass is 9.46. The highest BCUT2D eigenvalue weighted by Gasteiger charge is 2.61. The van der Waals surface area contributed by atoms with Crippen LogP contribution in [-0.4, -0.2) is 56.5 Å². The number of carbonyl (C=O) groups is 3. The first kappa shape index (κ1) is 42.2. The number of carbonyl (C=O) groups excluding carboxylic acids is 2. The van der Waals surface area contributed by atoms with Crippen LogP contribution in [-0.2, 0) is 19.6 Å². The van der Waals surface area contributed by atoms with Gasteiger partial charge in [0.1, 0.15) is 16.4 Å². The lowest BCUT2D eigenvalue weighted by molar-refractivity contribution is -0.173. The van der Waals surface area contributed by atoms with Gasteiger partial charge in [-0.15, -0.1) is 0 Å². The van der Waals surface area contributed by atoms with E-state index in [1.165, 1.54) is 7.11 Å². The molecule has 1 amide bonds. The molecule has 0 aliphatic rings. The minimum Gasteiger partial charge on any atom is -0.507 e. The first-order chi connectivity index (χ1) is 24.0. The lowest BCUT2D eigenvalue weighted by Crippen LogP contribution is -2.57. The third-order valence-corrected chi connectivity index (χ3v) is 12.0. The average molecular weight is 737 g/mol. The molecule has 11 heteroatoms. The van der Waals surface area contributed by atoms with Crippen molar-refractivity contribution in [1.82, 2.24) is 10.0 Å². The summed E-state index contributed by atoms with van der Waals surface area (Å²) in [6.45, 7) is 17.9. The van der Waals surface area contributed by atoms with Gasteiger partial charge in [0.25, 0.3) is 0 Å². The number of aliphatic carboxylic acids is 1. The molecule has 0 heterocycles. The molecule has 10 nitrogen and oxygen atoms in total. The van der Waals surface area contributed by atoms with Crippen LogP contribution in [0.15, 0.2) is 71.6 Å². The predicted molar refractivity (Wildman–Crippen MR) is 203 cm³/mol. The van der Waals surface area contributed by atoms with Gasteiger partial charge in [0.15, 0.2) is 5.78 Å². The summed E-state index contributed by atoms with van der Waals surface area (Å²) in [6, 6.07) is 18.4. The Bertz CT molecular complexity index is 1840. The van der Waals surface area contributed by atoms with E-state index in [1.807, 2.05) is 71.9 Å². The Hall–Kier alpha value is -4.22. The summed E-state index contributed by atoms with van der Waals surface area (Å²) in [7, 11) is -2.97. The molecule has 0 fully saturated rings. The van der Waals surface area contributed by atoms with E-state index in [9.17, 15) is 33.0 Å². The maximum Gasteiger partial charge on any atom is 0.311 e. The first-order valence-electron chi connectivity index (χ1n) is 17.6. The van der Waals surface area contributed by atoms with Crippen LogP contribution in [0.3, 0.4) is 0 Å². The lowest BCUT2D eigenvalue weighted by Gasteiger charge is -2.55. The number of ether oxygens (including phenoxy) is 1. The van der Waals surface area contributed by atoms with Crippen molar-refractivity contribution in [3.8, 4) is 11.5 Å². The number of amides is 1. The van der Waals surface area contributed by atoms with Gasteiger partial charge in [0.2, 0.25) is 15.9 Å². The van der Waals surface area contributed by atoms with Crippen LogP contribution in [0, 0.1) is 28.6 Å². The number of phenolic OH excluding ortho intramolecular Hbond substituents is 1. The molecule has 3 aromatic rings. The molecule has 0 saturated heterocycles. The molecule has 3 aromatic carbocycles. The summed E-state index contributed by atoms with van der Waals surface area (Å²) in [5.41, 5.74) is -1.25. The molecule has 2 atom stereocenters. The minimum atomic E-state index is -4.23. The van der Waals surface area contributed by atoms with Gasteiger partial charge in [0, 0.05) is 37.1 Å². The Morgan fingerprint density at radius 1 is 0.865 bits per heavy atom. The quantitative estimate of drug-likeness (QED) is 0.0871. The Morgan fingerprint density at radius 3 is 1.98 bits per heavy atom. The van der Waals surface area contributed by atoms with Crippen LogP contribution < -0.4 is 14.8 Å². The number of aryl methyl sites for hydroxylation is 1. The van der Waals surface area contributed by atoms with Gasteiger partial charge in [-0.2, -0.15) is 0 Å². The van der Waals surface area contributed by atoms with E-state index in [0.29, 0.717) is 6.42 Å². The topological polar surface area (TPSA) is 159 Å². The summed E-state index contributed by atoms with van der Waals surface area (Å²) >= 11 is 0. The minimum absolute atomic E-state index is 0.0755. The van der Waals surface area contributed by atoms with Gasteiger partial charge in [-0.1, -0.05) is 116 Å². The van der Waals surface area contributed by atoms with Crippen molar-refractivity contribution >= 4 is 27.7 Å². The number of ketones is 1. The summed E-state index contributed by atoms with van der Waals surface area (Å²) in [5.74, 6) is -3.11. The number of hydrogen-bond donors (Lipinski definition) is 4. The van der Waals surface area contributed by atoms with Crippen LogP contribution in [0.5, 0.6) is 11.5 Å². The van der Waals surface area contributed by atoms with Crippen molar-refractivity contribution in [3.05, 3.63) is 89.0 Å². The molecule has 4 N–H and O–H groups in total. The molecule has 0 aromatic heterocycles. The zero-order chi connectivity index (χ0) is 39.3. The zero-order valence-corrected chi connectivity index (χ0v) is 33.0. The standard InChI is InChI=1S/C41H56N2O8S/c1-27-17-19-29(20-18-27)36(46)30-23-34(33(51-10)24-32(30)44)52(49,50)43-22-14-21-42-35(45)26-41(37(47)48,40(8,9)39(5,6)7)31(25-38(2,3)4)28-15-12-11-13-16-28/h11-13,15-20,23-24,31,43-44H,14,21-22,25-26H2,1-10H3,(H,42,45)(H,47,48). The fourth-order valence-electron chi connectivity index (χ4n) is 6.69. The number of phenols is 1. The van der Waals surface area contributed by atoms with Crippen molar-refractivity contribution in [2.24, 2.45) is 21.7 Å². The monoisotopic (exact) mass is 736 g/mol. The number of carboxylic acid groups (broad SMARTS) is 1. The van der Waals surface area contributed by atoms with E-state index in [0.717, 1.165) is 23.3 Å². The molecule has 3 rings (SSSR count). The Morgan fingerprint density at radius 2 is 1.46 bits per heavy atom. The number of benzene rings is 3. The Balaban J connectivity index is 1.83. The number of rotatable bonds is 16. The highest BCUT2D eigenvalue weighted by Crippen LogP contribution is 2.61. The van der Waals surface area contributed by atoms with Crippen LogP contribution in [0.1, 0.15) is 108 Å². The molecular weight excluding hydrogens is 681 g/mol. The molecule has 0 aliphatic heterocycles. The molecule has 2 unspecified atom stereocenters. The van der Waals surface area contributed by atoms with E-state index in [2.05, 4.69) is 30.8 Å². The number of aromatic hydroxyl groups is 1. The van der Waals surface area contributed by atoms with E-state index in [-0.39, 0.29) is 53.1 Å². The number of carboxylic acids is 1. The van der Waals surface area contributed by atoms with Gasteiger partial charge in [-0.05, 0) is 47.6 Å². The maximum atomic E-state index is 13.8. The van der Waals surface area contributed by atoms with E-state index >= 15 is 0 Å². The van der Waals surface area contributed by atoms with Gasteiger partial charge in [-0.25, -0.2) is 13.1 Å². The molecule has 284 valence electrons. The van der Waals surface area contributed by atoms with E-state index < -0.39 is 55.6 Å². The predicted octanol–water partition coefficient (Wildman–Crippen LogP) is 7.48. The van der Waals surface area contributed by atoms with Crippen LogP contribution in [0.2, 0.25) is 0 Å². The summed E-state index contributed by atoms with van der Waals surface area (Å²) in [6.07, 6.45) is 0.431. The largest absolute Gasteiger partial charge is 0.507 e. The number of nitrogens with one attached hydrogen (secondary N) is 2. The summed E-state index contributed by atoms with van der Waals surface area (Å²) in [5, 5.41) is 24.6. The van der Waals surface area contributed by atoms with E-state index in [4.69, 9.17) is 4.74 Å². The SMILES string of the molecule is COc1cc(O)c(C(=O)c2ccc(C)cc2)cc1S(=O)(=O)NCCCNC(=O)CC(C(=O)O)(C(CC(C)(C)C)c1ccccc1)C(C)(C)C(C)(C)C. The normalized spacial score (nSPS) is 14.3. The van der Waals surface area contributed by atoms with Crippen molar-refractivity contribution in [3.63, 3.8) is 0 Å². The fourth-order valence-corrected chi connectivity index (χ4v) is 7.94. The Kier molecular flexibility index (Phi) is 13.2. The number of methoxy groups -OCH3 is 1. The van der Waals surface area contributed by atoms with Crippen LogP contribution >= 0.6 is 0 Å². The van der Waals surface area contributed by atoms with E-state index in [1.54, 1.807) is 24.3 Å². The summed E-state index contributed by atoms with van der Waals surface area (Å²) < 4.78 is 34.6. The molecule has 0 spiro atoms. The van der Waals surface area contributed by atoms with Crippen molar-refractivity contribution < 1.29 is 37.8 Å². The second-order valence-corrected chi connectivity index (χ2v) is 18.1. The molecular formula is C41H56N2O8S. The third kappa shape index (κ3) is 9.41. The molecule has 52 heavy (non-hydrogen) atoms. The summed E-state index contributed by atoms with van der Waals surface area (Å²) in [4.78, 5) is 40.3. The van der Waals surface area contributed by atoms with Crippen molar-refractivity contribution in [1.29, 1.82) is 0 Å². The number of hydrogen-bond acceptors (Lipinski definition) is 7. The van der Waals surface area contributed by atoms with Gasteiger partial charge < -0.3 is 20.3 Å². The molecule has 0 radical (unpaired) electrons. The molecule has 0 saturated carbocycles. The first-order valence-corrected chi connectivity index (χ1v) is 19.0. The van der Waals surface area contributed by atoms with Crippen molar-refractivity contribution in [2.45, 2.75) is 92.4 Å². The van der Waals surface area contributed by atoms with Crippen LogP contribution in [0.4, 0.5) is 0 Å². The fraction of sp³-hybridized carbons (Fsp3) is 0.488. The van der Waals surface area contributed by atoms with Crippen molar-refractivity contribution in [2.75, 3.05) is 20.2 Å². The Labute approximate surface area is 309 Å². The van der Waals surface area contributed by atoms with Gasteiger partial charge in [-0.3, -0.25) is 14.4 Å². The van der Waals surface area contributed by atoms with Gasteiger partial charge >= 0.3 is 5.97 Å². The zero-order valence-electron chi connectivity index (χ0n) is 32.2. The number of sulfonamides is 1. The highest BCUT2D eigenvalue weighted by atomic mass is 32.2. The smallest absolute Gasteiger partial charge is 0.311 e.